The predicted octanol–water partition coefficient (Wildman–Crippen LogP) is 4.02. The van der Waals surface area contributed by atoms with Gasteiger partial charge in [-0.15, -0.1) is 11.3 Å². The molecule has 1 atom stereocenters. The zero-order valence-corrected chi connectivity index (χ0v) is 19.6. The number of ether oxygens (including phenoxy) is 1. The number of aromatic nitrogens is 1. The van der Waals surface area contributed by atoms with Gasteiger partial charge in [-0.3, -0.25) is 4.79 Å². The van der Waals surface area contributed by atoms with E-state index in [9.17, 15) is 14.4 Å². The number of thiazole rings is 1. The Morgan fingerprint density at radius 1 is 1.06 bits per heavy atom. The minimum atomic E-state index is -1.06. The minimum Gasteiger partial charge on any atom is -0.477 e. The molecule has 4 rings (SSSR count). The molecule has 0 aliphatic heterocycles. The third-order valence-electron chi connectivity index (χ3n) is 5.74. The normalized spacial score (nSPS) is 13.1. The summed E-state index contributed by atoms with van der Waals surface area (Å²) in [6.45, 7) is 3.87. The van der Waals surface area contributed by atoms with Gasteiger partial charge < -0.3 is 20.5 Å². The molecule has 1 heterocycles. The van der Waals surface area contributed by atoms with E-state index in [4.69, 9.17) is 9.84 Å². The lowest BCUT2D eigenvalue weighted by Crippen LogP contribution is -2.49. The number of carbonyl (C=O) groups excluding carboxylic acids is 2. The summed E-state index contributed by atoms with van der Waals surface area (Å²) in [7, 11) is 0. The molecule has 8 nitrogen and oxygen atoms in total. The van der Waals surface area contributed by atoms with Crippen LogP contribution in [0, 0.1) is 5.92 Å². The topological polar surface area (TPSA) is 118 Å². The highest BCUT2D eigenvalue weighted by Crippen LogP contribution is 2.44. The van der Waals surface area contributed by atoms with Crippen molar-refractivity contribution in [3.05, 3.63) is 75.7 Å². The molecular weight excluding hydrogens is 454 g/mol. The number of fused-ring (bicyclic) bond motifs is 3. The maximum absolute atomic E-state index is 12.7. The van der Waals surface area contributed by atoms with Crippen molar-refractivity contribution in [1.82, 2.24) is 15.6 Å². The lowest BCUT2D eigenvalue weighted by molar-refractivity contribution is -0.124. The number of rotatable bonds is 8. The number of carboxylic acid groups (broad SMARTS) is 1. The second-order valence-electron chi connectivity index (χ2n) is 8.33. The highest BCUT2D eigenvalue weighted by atomic mass is 32.1. The summed E-state index contributed by atoms with van der Waals surface area (Å²) in [4.78, 5) is 40.4. The van der Waals surface area contributed by atoms with Crippen molar-refractivity contribution >= 4 is 29.3 Å². The fourth-order valence-electron chi connectivity index (χ4n) is 4.07. The summed E-state index contributed by atoms with van der Waals surface area (Å²) >= 11 is 0.991. The van der Waals surface area contributed by atoms with Gasteiger partial charge in [-0.05, 0) is 28.2 Å². The van der Waals surface area contributed by atoms with Gasteiger partial charge in [0.25, 0.3) is 0 Å². The van der Waals surface area contributed by atoms with Crippen LogP contribution in [-0.4, -0.2) is 40.7 Å². The number of carboxylic acids is 1. The van der Waals surface area contributed by atoms with Crippen LogP contribution in [0.4, 0.5) is 4.79 Å². The standard InChI is InChI=1S/C25H25N3O5S/c1-14(2)22(23(29)27-12-21-26-11-20(34-21)24(30)31)28-25(32)33-13-19-17-9-5-3-7-15(17)16-8-4-6-10-18(16)19/h3-11,14,19,22H,12-13H2,1-2H3,(H,27,29)(H,28,32)(H,30,31)/t22-/m1/s1. The lowest BCUT2D eigenvalue weighted by atomic mass is 9.98. The average molecular weight is 480 g/mol. The molecule has 0 spiro atoms. The van der Waals surface area contributed by atoms with Crippen LogP contribution in [0.15, 0.2) is 54.7 Å². The van der Waals surface area contributed by atoms with Gasteiger partial charge in [-0.1, -0.05) is 62.4 Å². The number of benzene rings is 2. The first-order valence-corrected chi connectivity index (χ1v) is 11.7. The molecule has 9 heteroatoms. The smallest absolute Gasteiger partial charge is 0.407 e. The van der Waals surface area contributed by atoms with Crippen LogP contribution in [0.25, 0.3) is 11.1 Å². The number of nitrogens with one attached hydrogen (secondary N) is 2. The summed E-state index contributed by atoms with van der Waals surface area (Å²) in [6.07, 6.45) is 0.585. The molecule has 0 fully saturated rings. The second-order valence-corrected chi connectivity index (χ2v) is 9.45. The first kappa shape index (κ1) is 23.4. The van der Waals surface area contributed by atoms with E-state index in [-0.39, 0.29) is 29.9 Å². The van der Waals surface area contributed by atoms with Gasteiger partial charge in [0.05, 0.1) is 12.7 Å². The number of hydrogen-bond acceptors (Lipinski definition) is 6. The average Bonchev–Trinajstić information content (AvgIpc) is 3.43. The van der Waals surface area contributed by atoms with Crippen molar-refractivity contribution in [2.75, 3.05) is 6.61 Å². The Hall–Kier alpha value is -3.72. The Morgan fingerprint density at radius 3 is 2.24 bits per heavy atom. The molecule has 0 saturated heterocycles. The highest BCUT2D eigenvalue weighted by Gasteiger charge is 2.30. The van der Waals surface area contributed by atoms with E-state index in [1.807, 2.05) is 50.2 Å². The van der Waals surface area contributed by atoms with Crippen LogP contribution >= 0.6 is 11.3 Å². The van der Waals surface area contributed by atoms with Crippen LogP contribution in [0.1, 0.15) is 45.6 Å². The molecule has 1 aromatic heterocycles. The fourth-order valence-corrected chi connectivity index (χ4v) is 4.76. The Balaban J connectivity index is 1.36. The summed E-state index contributed by atoms with van der Waals surface area (Å²) in [5.41, 5.74) is 4.50. The number of nitrogens with zero attached hydrogens (tertiary/aromatic N) is 1. The van der Waals surface area contributed by atoms with E-state index in [2.05, 4.69) is 27.8 Å². The minimum absolute atomic E-state index is 0.0715. The Kier molecular flexibility index (Phi) is 6.93. The third-order valence-corrected chi connectivity index (χ3v) is 6.73. The number of aromatic carboxylic acids is 1. The van der Waals surface area contributed by atoms with Gasteiger partial charge in [-0.25, -0.2) is 14.6 Å². The van der Waals surface area contributed by atoms with Crippen LogP contribution in [0.3, 0.4) is 0 Å². The largest absolute Gasteiger partial charge is 0.477 e. The fraction of sp³-hybridized carbons (Fsp3) is 0.280. The van der Waals surface area contributed by atoms with Crippen molar-refractivity contribution in [1.29, 1.82) is 0 Å². The van der Waals surface area contributed by atoms with Crippen molar-refractivity contribution in [2.45, 2.75) is 32.4 Å². The third kappa shape index (κ3) is 4.94. The molecule has 3 N–H and O–H groups in total. The zero-order valence-electron chi connectivity index (χ0n) is 18.8. The van der Waals surface area contributed by atoms with E-state index in [0.717, 1.165) is 33.6 Å². The molecule has 1 aliphatic carbocycles. The van der Waals surface area contributed by atoms with Crippen molar-refractivity contribution < 1.29 is 24.2 Å². The second kappa shape index (κ2) is 10.0. The number of amides is 2. The predicted molar refractivity (Wildman–Crippen MR) is 128 cm³/mol. The maximum atomic E-state index is 12.7. The Morgan fingerprint density at radius 2 is 1.68 bits per heavy atom. The molecule has 0 radical (unpaired) electrons. The Labute approximate surface area is 201 Å². The molecule has 0 saturated carbocycles. The molecule has 2 aromatic carbocycles. The first-order valence-electron chi connectivity index (χ1n) is 10.9. The molecule has 2 amide bonds. The molecule has 34 heavy (non-hydrogen) atoms. The molecule has 3 aromatic rings. The monoisotopic (exact) mass is 479 g/mol. The molecule has 1 aliphatic rings. The number of hydrogen-bond donors (Lipinski definition) is 3. The first-order chi connectivity index (χ1) is 16.3. The molecule has 0 unspecified atom stereocenters. The summed E-state index contributed by atoms with van der Waals surface area (Å²) in [5, 5.41) is 14.8. The van der Waals surface area contributed by atoms with E-state index >= 15 is 0 Å². The van der Waals surface area contributed by atoms with Gasteiger partial charge in [0.2, 0.25) is 5.91 Å². The van der Waals surface area contributed by atoms with E-state index in [0.29, 0.717) is 5.01 Å². The molecule has 0 bridgehead atoms. The van der Waals surface area contributed by atoms with Crippen molar-refractivity contribution in [3.8, 4) is 11.1 Å². The van der Waals surface area contributed by atoms with Crippen LogP contribution < -0.4 is 10.6 Å². The Bertz CT molecular complexity index is 1180. The summed E-state index contributed by atoms with van der Waals surface area (Å²) in [5.74, 6) is -1.72. The van der Waals surface area contributed by atoms with Crippen molar-refractivity contribution in [3.63, 3.8) is 0 Å². The van der Waals surface area contributed by atoms with Crippen molar-refractivity contribution in [2.24, 2.45) is 5.92 Å². The van der Waals surface area contributed by atoms with Crippen LogP contribution in [-0.2, 0) is 16.1 Å². The van der Waals surface area contributed by atoms with E-state index < -0.39 is 24.0 Å². The SMILES string of the molecule is CC(C)[C@@H](NC(=O)OCC1c2ccccc2-c2ccccc21)C(=O)NCc1ncc(C(=O)O)s1. The summed E-state index contributed by atoms with van der Waals surface area (Å²) < 4.78 is 5.56. The molecular formula is C25H25N3O5S. The van der Waals surface area contributed by atoms with E-state index in [1.54, 1.807) is 0 Å². The highest BCUT2D eigenvalue weighted by molar-refractivity contribution is 7.13. The molecule has 176 valence electrons. The van der Waals surface area contributed by atoms with Gasteiger partial charge >= 0.3 is 12.1 Å². The van der Waals surface area contributed by atoms with Crippen LogP contribution in [0.2, 0.25) is 0 Å². The quantitative estimate of drug-likeness (QED) is 0.449. The number of carbonyl (C=O) groups is 3. The van der Waals surface area contributed by atoms with Gasteiger partial charge in [0.15, 0.2) is 0 Å². The van der Waals surface area contributed by atoms with Gasteiger partial charge in [0.1, 0.15) is 22.5 Å². The number of alkyl carbamates (subject to hydrolysis) is 1. The zero-order chi connectivity index (χ0) is 24.2. The summed E-state index contributed by atoms with van der Waals surface area (Å²) in [6, 6.07) is 15.3. The maximum Gasteiger partial charge on any atom is 0.407 e. The lowest BCUT2D eigenvalue weighted by Gasteiger charge is -2.22. The van der Waals surface area contributed by atoms with Crippen LogP contribution in [0.5, 0.6) is 0 Å². The van der Waals surface area contributed by atoms with Gasteiger partial charge in [-0.2, -0.15) is 0 Å². The van der Waals surface area contributed by atoms with E-state index in [1.165, 1.54) is 6.20 Å². The van der Waals surface area contributed by atoms with Gasteiger partial charge in [0, 0.05) is 5.92 Å².